The standard InChI is InChI=1S/C15H28N2O3/c1-10(2)12(4)9-16-14(20)17-15(13(18)19)7-5-11(3)6-8-15/h10-12H,5-9H2,1-4H3,(H,18,19)(H2,16,17,20). The minimum atomic E-state index is -1.09. The van der Waals surface area contributed by atoms with E-state index < -0.39 is 11.5 Å². The van der Waals surface area contributed by atoms with Crippen LogP contribution < -0.4 is 10.6 Å². The Kier molecular flexibility index (Phi) is 5.84. The molecule has 1 rings (SSSR count). The zero-order valence-electron chi connectivity index (χ0n) is 13.0. The average Bonchev–Trinajstić information content (AvgIpc) is 2.38. The molecule has 1 atom stereocenters. The van der Waals surface area contributed by atoms with Crippen molar-refractivity contribution in [1.82, 2.24) is 10.6 Å². The van der Waals surface area contributed by atoms with E-state index in [2.05, 4.69) is 38.3 Å². The minimum Gasteiger partial charge on any atom is -0.480 e. The van der Waals surface area contributed by atoms with Gasteiger partial charge in [0.25, 0.3) is 0 Å². The molecular weight excluding hydrogens is 256 g/mol. The van der Waals surface area contributed by atoms with E-state index in [1.807, 2.05) is 0 Å². The predicted molar refractivity (Wildman–Crippen MR) is 78.5 cm³/mol. The van der Waals surface area contributed by atoms with Gasteiger partial charge in [-0.1, -0.05) is 27.7 Å². The van der Waals surface area contributed by atoms with Gasteiger partial charge in [0, 0.05) is 6.54 Å². The van der Waals surface area contributed by atoms with Crippen LogP contribution >= 0.6 is 0 Å². The first-order valence-electron chi connectivity index (χ1n) is 7.56. The summed E-state index contributed by atoms with van der Waals surface area (Å²) in [6, 6.07) is -0.366. The number of nitrogens with one attached hydrogen (secondary N) is 2. The number of amides is 2. The molecule has 0 radical (unpaired) electrons. The van der Waals surface area contributed by atoms with E-state index >= 15 is 0 Å². The first-order valence-corrected chi connectivity index (χ1v) is 7.56. The lowest BCUT2D eigenvalue weighted by molar-refractivity contribution is -0.146. The topological polar surface area (TPSA) is 78.4 Å². The Balaban J connectivity index is 2.54. The van der Waals surface area contributed by atoms with Crippen molar-refractivity contribution in [3.63, 3.8) is 0 Å². The molecule has 0 saturated heterocycles. The van der Waals surface area contributed by atoms with Crippen LogP contribution in [-0.4, -0.2) is 29.2 Å². The molecule has 1 aliphatic carbocycles. The number of carbonyl (C=O) groups is 2. The van der Waals surface area contributed by atoms with Crippen LogP contribution in [0.3, 0.4) is 0 Å². The van der Waals surface area contributed by atoms with Crippen molar-refractivity contribution in [2.75, 3.05) is 6.54 Å². The molecule has 5 heteroatoms. The highest BCUT2D eigenvalue weighted by atomic mass is 16.4. The van der Waals surface area contributed by atoms with E-state index in [1.165, 1.54) is 0 Å². The van der Waals surface area contributed by atoms with Gasteiger partial charge in [0.05, 0.1) is 0 Å². The van der Waals surface area contributed by atoms with E-state index in [0.717, 1.165) is 12.8 Å². The van der Waals surface area contributed by atoms with Gasteiger partial charge >= 0.3 is 12.0 Å². The monoisotopic (exact) mass is 284 g/mol. The van der Waals surface area contributed by atoms with Crippen molar-refractivity contribution in [3.8, 4) is 0 Å². The molecule has 0 aromatic carbocycles. The number of aliphatic carboxylic acids is 1. The van der Waals surface area contributed by atoms with Crippen molar-refractivity contribution < 1.29 is 14.7 Å². The number of hydrogen-bond acceptors (Lipinski definition) is 2. The fourth-order valence-corrected chi connectivity index (χ4v) is 2.40. The van der Waals surface area contributed by atoms with Gasteiger partial charge in [-0.05, 0) is 43.4 Å². The summed E-state index contributed by atoms with van der Waals surface area (Å²) in [6.07, 6.45) is 2.71. The van der Waals surface area contributed by atoms with Crippen LogP contribution in [0.5, 0.6) is 0 Å². The highest BCUT2D eigenvalue weighted by molar-refractivity contribution is 5.86. The van der Waals surface area contributed by atoms with Crippen molar-refractivity contribution in [2.24, 2.45) is 17.8 Å². The van der Waals surface area contributed by atoms with Crippen LogP contribution in [0.1, 0.15) is 53.4 Å². The SMILES string of the molecule is CC1CCC(NC(=O)NCC(C)C(C)C)(C(=O)O)CC1. The summed E-state index contributed by atoms with van der Waals surface area (Å²) in [5, 5.41) is 14.9. The third-order valence-electron chi connectivity index (χ3n) is 4.61. The van der Waals surface area contributed by atoms with Gasteiger partial charge in [-0.2, -0.15) is 0 Å². The molecule has 3 N–H and O–H groups in total. The third-order valence-corrected chi connectivity index (χ3v) is 4.61. The maximum Gasteiger partial charge on any atom is 0.329 e. The summed E-state index contributed by atoms with van der Waals surface area (Å²) >= 11 is 0. The highest BCUT2D eigenvalue weighted by Gasteiger charge is 2.42. The summed E-state index contributed by atoms with van der Waals surface area (Å²) in [5.74, 6) is 0.469. The summed E-state index contributed by atoms with van der Waals surface area (Å²) < 4.78 is 0. The molecule has 0 aromatic rings. The average molecular weight is 284 g/mol. The Morgan fingerprint density at radius 3 is 2.25 bits per heavy atom. The first-order chi connectivity index (χ1) is 9.27. The molecule has 2 amide bonds. The van der Waals surface area contributed by atoms with Crippen LogP contribution in [-0.2, 0) is 4.79 Å². The Bertz CT molecular complexity index is 347. The van der Waals surface area contributed by atoms with Gasteiger partial charge in [0.1, 0.15) is 5.54 Å². The Morgan fingerprint density at radius 1 is 1.25 bits per heavy atom. The number of carbonyl (C=O) groups excluding carboxylic acids is 1. The Morgan fingerprint density at radius 2 is 1.80 bits per heavy atom. The molecular formula is C15H28N2O3. The summed E-state index contributed by atoms with van der Waals surface area (Å²) in [5.41, 5.74) is -1.09. The second kappa shape index (κ2) is 6.95. The lowest BCUT2D eigenvalue weighted by atomic mass is 9.77. The fraction of sp³-hybridized carbons (Fsp3) is 0.867. The van der Waals surface area contributed by atoms with Gasteiger partial charge in [0.2, 0.25) is 0 Å². The minimum absolute atomic E-state index is 0.366. The molecule has 0 heterocycles. The summed E-state index contributed by atoms with van der Waals surface area (Å²) in [6.45, 7) is 8.96. The first kappa shape index (κ1) is 16.8. The van der Waals surface area contributed by atoms with Crippen molar-refractivity contribution in [2.45, 2.75) is 58.9 Å². The zero-order chi connectivity index (χ0) is 15.3. The summed E-state index contributed by atoms with van der Waals surface area (Å²) in [7, 11) is 0. The molecule has 5 nitrogen and oxygen atoms in total. The second-order valence-electron chi connectivity index (χ2n) is 6.63. The van der Waals surface area contributed by atoms with Gasteiger partial charge in [-0.3, -0.25) is 0 Å². The third kappa shape index (κ3) is 4.39. The van der Waals surface area contributed by atoms with Gasteiger partial charge < -0.3 is 15.7 Å². The van der Waals surface area contributed by atoms with Crippen molar-refractivity contribution in [1.29, 1.82) is 0 Å². The molecule has 0 spiro atoms. The van der Waals surface area contributed by atoms with Gasteiger partial charge in [0.15, 0.2) is 0 Å². The maximum absolute atomic E-state index is 11.9. The second-order valence-corrected chi connectivity index (χ2v) is 6.63. The van der Waals surface area contributed by atoms with Crippen LogP contribution in [0.25, 0.3) is 0 Å². The largest absolute Gasteiger partial charge is 0.480 e. The number of urea groups is 1. The molecule has 0 aromatic heterocycles. The number of hydrogen-bond donors (Lipinski definition) is 3. The number of carboxylic acid groups (broad SMARTS) is 1. The fourth-order valence-electron chi connectivity index (χ4n) is 2.40. The molecule has 1 fully saturated rings. The quantitative estimate of drug-likeness (QED) is 0.726. The molecule has 0 aliphatic heterocycles. The number of rotatable bonds is 5. The molecule has 1 aliphatic rings. The molecule has 116 valence electrons. The van der Waals surface area contributed by atoms with E-state index in [-0.39, 0.29) is 6.03 Å². The highest BCUT2D eigenvalue weighted by Crippen LogP contribution is 2.32. The van der Waals surface area contributed by atoms with Crippen molar-refractivity contribution in [3.05, 3.63) is 0 Å². The van der Waals surface area contributed by atoms with Crippen LogP contribution in [0.4, 0.5) is 4.79 Å². The van der Waals surface area contributed by atoms with Gasteiger partial charge in [-0.25, -0.2) is 9.59 Å². The van der Waals surface area contributed by atoms with Crippen LogP contribution in [0, 0.1) is 17.8 Å². The lowest BCUT2D eigenvalue weighted by Crippen LogP contribution is -2.58. The van der Waals surface area contributed by atoms with Crippen LogP contribution in [0.15, 0.2) is 0 Å². The number of carboxylic acids is 1. The van der Waals surface area contributed by atoms with Crippen LogP contribution in [0.2, 0.25) is 0 Å². The Labute approximate surface area is 121 Å². The molecule has 1 saturated carbocycles. The Hall–Kier alpha value is -1.26. The predicted octanol–water partition coefficient (Wildman–Crippen LogP) is 2.61. The van der Waals surface area contributed by atoms with E-state index in [0.29, 0.717) is 37.1 Å². The molecule has 20 heavy (non-hydrogen) atoms. The normalized spacial score (nSPS) is 27.9. The molecule has 0 bridgehead atoms. The van der Waals surface area contributed by atoms with E-state index in [4.69, 9.17) is 0 Å². The lowest BCUT2D eigenvalue weighted by Gasteiger charge is -2.36. The van der Waals surface area contributed by atoms with E-state index in [1.54, 1.807) is 0 Å². The van der Waals surface area contributed by atoms with E-state index in [9.17, 15) is 14.7 Å². The van der Waals surface area contributed by atoms with Gasteiger partial charge in [-0.15, -0.1) is 0 Å². The zero-order valence-corrected chi connectivity index (χ0v) is 13.0. The van der Waals surface area contributed by atoms with Crippen molar-refractivity contribution >= 4 is 12.0 Å². The smallest absolute Gasteiger partial charge is 0.329 e. The maximum atomic E-state index is 11.9. The molecule has 1 unspecified atom stereocenters. The summed E-state index contributed by atoms with van der Waals surface area (Å²) in [4.78, 5) is 23.5.